The Labute approximate surface area is 138 Å². The third-order valence-corrected chi connectivity index (χ3v) is 8.21. The minimum absolute atomic E-state index is 0.0581. The van der Waals surface area contributed by atoms with Gasteiger partial charge in [0, 0.05) is 6.04 Å². The topological polar surface area (TPSA) is 86.7 Å². The van der Waals surface area contributed by atoms with Gasteiger partial charge in [-0.25, -0.2) is 0 Å². The first-order valence-corrected chi connectivity index (χ1v) is 9.28. The van der Waals surface area contributed by atoms with Gasteiger partial charge in [-0.1, -0.05) is 25.5 Å². The maximum absolute atomic E-state index is 10.9. The van der Waals surface area contributed by atoms with Crippen molar-refractivity contribution < 1.29 is 15.3 Å². The zero-order valence-electron chi connectivity index (χ0n) is 14.3. The fraction of sp³-hybridized carbons (Fsp3) is 0.895. The third-order valence-electron chi connectivity index (χ3n) is 8.21. The lowest BCUT2D eigenvalue weighted by atomic mass is 9.47. The van der Waals surface area contributed by atoms with Crippen molar-refractivity contribution >= 4 is 0 Å². The predicted octanol–water partition coefficient (Wildman–Crippen LogP) is 1.58. The van der Waals surface area contributed by atoms with E-state index in [1.807, 2.05) is 6.08 Å². The molecular weight excluding hydrogens is 290 g/mol. The molecule has 3 saturated carbocycles. The molecule has 0 aromatic heterocycles. The maximum Gasteiger partial charge on any atom is 0.0757 e. The number of fused-ring (bicyclic) bond motifs is 5. The molecule has 0 amide bonds. The molecule has 0 aromatic rings. The number of aliphatic hydroxyl groups excluding tert-OH is 3. The van der Waals surface area contributed by atoms with Crippen molar-refractivity contribution in [2.24, 2.45) is 34.3 Å². The van der Waals surface area contributed by atoms with E-state index < -0.39 is 12.2 Å². The Morgan fingerprint density at radius 1 is 1.09 bits per heavy atom. The highest BCUT2D eigenvalue weighted by molar-refractivity contribution is 5.28. The number of aliphatic hydroxyl groups is 3. The number of rotatable bonds is 0. The molecule has 0 spiro atoms. The van der Waals surface area contributed by atoms with Crippen LogP contribution in [0.5, 0.6) is 0 Å². The van der Waals surface area contributed by atoms with Crippen LogP contribution in [0.3, 0.4) is 0 Å². The molecule has 0 bridgehead atoms. The van der Waals surface area contributed by atoms with E-state index in [2.05, 4.69) is 13.8 Å². The van der Waals surface area contributed by atoms with Crippen LogP contribution in [0, 0.1) is 28.6 Å². The summed E-state index contributed by atoms with van der Waals surface area (Å²) in [6.45, 7) is 4.55. The fourth-order valence-electron chi connectivity index (χ4n) is 6.69. The molecule has 9 atom stereocenters. The maximum atomic E-state index is 10.9. The molecule has 130 valence electrons. The molecule has 0 radical (unpaired) electrons. The second kappa shape index (κ2) is 5.04. The Bertz CT molecular complexity index is 535. The largest absolute Gasteiger partial charge is 0.393 e. The van der Waals surface area contributed by atoms with Gasteiger partial charge in [-0.3, -0.25) is 0 Å². The molecule has 4 aliphatic rings. The monoisotopic (exact) mass is 321 g/mol. The zero-order chi connectivity index (χ0) is 16.6. The minimum Gasteiger partial charge on any atom is -0.393 e. The summed E-state index contributed by atoms with van der Waals surface area (Å²) in [5.41, 5.74) is 7.64. The summed E-state index contributed by atoms with van der Waals surface area (Å²) in [7, 11) is 0. The van der Waals surface area contributed by atoms with Crippen LogP contribution in [0.4, 0.5) is 0 Å². The van der Waals surface area contributed by atoms with Crippen LogP contribution in [-0.2, 0) is 0 Å². The van der Waals surface area contributed by atoms with Crippen molar-refractivity contribution in [1.29, 1.82) is 0 Å². The predicted molar refractivity (Wildman–Crippen MR) is 88.5 cm³/mol. The highest BCUT2D eigenvalue weighted by Gasteiger charge is 2.62. The molecule has 4 rings (SSSR count). The Balaban J connectivity index is 1.73. The second-order valence-corrected chi connectivity index (χ2v) is 9.16. The van der Waals surface area contributed by atoms with E-state index in [4.69, 9.17) is 5.73 Å². The molecule has 4 heteroatoms. The summed E-state index contributed by atoms with van der Waals surface area (Å²) < 4.78 is 0. The van der Waals surface area contributed by atoms with Crippen molar-refractivity contribution in [3.8, 4) is 0 Å². The van der Waals surface area contributed by atoms with Gasteiger partial charge < -0.3 is 21.1 Å². The molecule has 4 nitrogen and oxygen atoms in total. The third kappa shape index (κ3) is 2.05. The lowest BCUT2D eigenvalue weighted by molar-refractivity contribution is -0.0853. The van der Waals surface area contributed by atoms with Gasteiger partial charge in [0.15, 0.2) is 0 Å². The highest BCUT2D eigenvalue weighted by Crippen LogP contribution is 2.64. The summed E-state index contributed by atoms with van der Waals surface area (Å²) in [6.07, 6.45) is 6.27. The van der Waals surface area contributed by atoms with Crippen molar-refractivity contribution in [3.63, 3.8) is 0 Å². The number of nitrogens with two attached hydrogens (primary N) is 1. The Hall–Kier alpha value is -0.420. The van der Waals surface area contributed by atoms with Crippen LogP contribution in [0.1, 0.15) is 52.4 Å². The highest BCUT2D eigenvalue weighted by atomic mass is 16.3. The normalized spacial score (nSPS) is 58.9. The van der Waals surface area contributed by atoms with Gasteiger partial charge in [0.2, 0.25) is 0 Å². The van der Waals surface area contributed by atoms with Gasteiger partial charge in [-0.2, -0.15) is 0 Å². The van der Waals surface area contributed by atoms with Crippen LogP contribution in [0.2, 0.25) is 0 Å². The van der Waals surface area contributed by atoms with Gasteiger partial charge in [0.05, 0.1) is 18.3 Å². The van der Waals surface area contributed by atoms with E-state index >= 15 is 0 Å². The van der Waals surface area contributed by atoms with Gasteiger partial charge in [0.1, 0.15) is 0 Å². The number of hydrogen-bond acceptors (Lipinski definition) is 4. The van der Waals surface area contributed by atoms with Crippen molar-refractivity contribution in [3.05, 3.63) is 11.6 Å². The first-order chi connectivity index (χ1) is 10.8. The van der Waals surface area contributed by atoms with Crippen LogP contribution in [0.15, 0.2) is 11.6 Å². The Morgan fingerprint density at radius 3 is 2.57 bits per heavy atom. The van der Waals surface area contributed by atoms with Crippen LogP contribution >= 0.6 is 0 Å². The van der Waals surface area contributed by atoms with Crippen molar-refractivity contribution in [2.75, 3.05) is 0 Å². The fourth-order valence-corrected chi connectivity index (χ4v) is 6.69. The second-order valence-electron chi connectivity index (χ2n) is 9.16. The lowest BCUT2D eigenvalue weighted by Crippen LogP contribution is -2.56. The smallest absolute Gasteiger partial charge is 0.0757 e. The van der Waals surface area contributed by atoms with Gasteiger partial charge >= 0.3 is 0 Å². The van der Waals surface area contributed by atoms with E-state index in [1.165, 1.54) is 5.57 Å². The Morgan fingerprint density at radius 2 is 1.83 bits per heavy atom. The molecule has 0 aliphatic heterocycles. The van der Waals surface area contributed by atoms with E-state index in [1.54, 1.807) is 0 Å². The number of hydrogen-bond donors (Lipinski definition) is 4. The van der Waals surface area contributed by atoms with Gasteiger partial charge in [0.25, 0.3) is 0 Å². The van der Waals surface area contributed by atoms with E-state index in [-0.39, 0.29) is 28.9 Å². The van der Waals surface area contributed by atoms with Crippen LogP contribution in [-0.4, -0.2) is 39.7 Å². The summed E-state index contributed by atoms with van der Waals surface area (Å²) in [6, 6.07) is -0.174. The van der Waals surface area contributed by atoms with Gasteiger partial charge in [-0.05, 0) is 67.1 Å². The standard InChI is InChI=1S/C19H31NO3/c1-18-5-3-11(21)7-10(18)8-14(22)16-12(18)4-6-19(2)13(16)9-15(23)17(19)20/h8,11-17,21-23H,3-7,9,20H2,1-2H3/t11-,12+,13+,14+,15+,16-,17-,18+,19+/m1/s1. The molecule has 4 aliphatic carbocycles. The van der Waals surface area contributed by atoms with Crippen LogP contribution < -0.4 is 5.73 Å². The summed E-state index contributed by atoms with van der Waals surface area (Å²) in [5.74, 6) is 0.934. The van der Waals surface area contributed by atoms with E-state index in [0.29, 0.717) is 18.3 Å². The summed E-state index contributed by atoms with van der Waals surface area (Å²) in [5, 5.41) is 31.3. The first kappa shape index (κ1) is 16.1. The molecule has 5 N–H and O–H groups in total. The average molecular weight is 321 g/mol. The van der Waals surface area contributed by atoms with E-state index in [9.17, 15) is 15.3 Å². The summed E-state index contributed by atoms with van der Waals surface area (Å²) in [4.78, 5) is 0. The van der Waals surface area contributed by atoms with Crippen molar-refractivity contribution in [2.45, 2.75) is 76.7 Å². The molecular formula is C19H31NO3. The lowest BCUT2D eigenvalue weighted by Gasteiger charge is -2.58. The molecule has 0 unspecified atom stereocenters. The SMILES string of the molecule is C[C@]12CC[C@H]3[C@@H]([C@@H](O)C=C4C[C@H](O)CC[C@@]43C)[C@@H]1C[C@H](O)[C@H]2N. The van der Waals surface area contributed by atoms with Crippen LogP contribution in [0.25, 0.3) is 0 Å². The van der Waals surface area contributed by atoms with Crippen molar-refractivity contribution in [1.82, 2.24) is 0 Å². The molecule has 23 heavy (non-hydrogen) atoms. The molecule has 0 saturated heterocycles. The summed E-state index contributed by atoms with van der Waals surface area (Å²) >= 11 is 0. The molecule has 3 fully saturated rings. The quantitative estimate of drug-likeness (QED) is 0.510. The minimum atomic E-state index is -0.463. The Kier molecular flexibility index (Phi) is 3.52. The van der Waals surface area contributed by atoms with Gasteiger partial charge in [-0.15, -0.1) is 0 Å². The molecule has 0 heterocycles. The average Bonchev–Trinajstić information content (AvgIpc) is 2.73. The van der Waals surface area contributed by atoms with E-state index in [0.717, 1.165) is 32.1 Å². The molecule has 0 aromatic carbocycles. The first-order valence-electron chi connectivity index (χ1n) is 9.28. The zero-order valence-corrected chi connectivity index (χ0v) is 14.3.